The van der Waals surface area contributed by atoms with E-state index in [2.05, 4.69) is 10.5 Å². The smallest absolute Gasteiger partial charge is 0.138 e. The highest BCUT2D eigenvalue weighted by Crippen LogP contribution is 2.25. The molecule has 0 aromatic carbocycles. The van der Waals surface area contributed by atoms with Crippen LogP contribution in [-0.4, -0.2) is 35.1 Å². The molecule has 5 nitrogen and oxygen atoms in total. The van der Waals surface area contributed by atoms with Crippen molar-refractivity contribution in [1.29, 1.82) is 0 Å². The minimum Gasteiger partial charge on any atom is -0.386 e. The van der Waals surface area contributed by atoms with Crippen molar-refractivity contribution < 1.29 is 14.4 Å². The molecule has 1 aromatic heterocycles. The summed E-state index contributed by atoms with van der Waals surface area (Å²) in [6.07, 6.45) is 0.572. The molecule has 0 saturated carbocycles. The number of aliphatic hydroxyl groups is 1. The molecule has 1 aromatic rings. The first-order valence-corrected chi connectivity index (χ1v) is 5.99. The van der Waals surface area contributed by atoms with Crippen molar-refractivity contribution in [2.75, 3.05) is 13.2 Å². The van der Waals surface area contributed by atoms with Crippen LogP contribution in [0.4, 0.5) is 0 Å². The molecule has 1 saturated heterocycles. The molecule has 2 heterocycles. The van der Waals surface area contributed by atoms with Crippen LogP contribution in [-0.2, 0) is 11.3 Å². The van der Waals surface area contributed by atoms with Crippen LogP contribution in [0.3, 0.4) is 0 Å². The van der Waals surface area contributed by atoms with Gasteiger partial charge in [-0.2, -0.15) is 0 Å². The molecule has 96 valence electrons. The third kappa shape index (κ3) is 2.51. The van der Waals surface area contributed by atoms with Gasteiger partial charge in [0, 0.05) is 31.7 Å². The van der Waals surface area contributed by atoms with Crippen LogP contribution in [0.5, 0.6) is 0 Å². The largest absolute Gasteiger partial charge is 0.386 e. The number of hydrogen-bond acceptors (Lipinski definition) is 5. The van der Waals surface area contributed by atoms with Crippen LogP contribution >= 0.6 is 0 Å². The number of rotatable bonds is 4. The van der Waals surface area contributed by atoms with Crippen LogP contribution in [0.2, 0.25) is 0 Å². The maximum Gasteiger partial charge on any atom is 0.138 e. The summed E-state index contributed by atoms with van der Waals surface area (Å²) in [5.41, 5.74) is 1.22. The van der Waals surface area contributed by atoms with Crippen LogP contribution in [0.25, 0.3) is 0 Å². The van der Waals surface area contributed by atoms with Gasteiger partial charge in [0.15, 0.2) is 0 Å². The molecule has 0 aliphatic carbocycles. The summed E-state index contributed by atoms with van der Waals surface area (Å²) < 4.78 is 10.5. The van der Waals surface area contributed by atoms with Gasteiger partial charge in [0.25, 0.3) is 0 Å². The Labute approximate surface area is 101 Å². The van der Waals surface area contributed by atoms with Crippen molar-refractivity contribution in [1.82, 2.24) is 10.5 Å². The minimum absolute atomic E-state index is 0.111. The molecule has 2 rings (SSSR count). The predicted molar refractivity (Wildman–Crippen MR) is 62.7 cm³/mol. The van der Waals surface area contributed by atoms with Gasteiger partial charge in [-0.05, 0) is 20.8 Å². The Kier molecular flexibility index (Phi) is 3.51. The van der Waals surface area contributed by atoms with Gasteiger partial charge in [-0.15, -0.1) is 0 Å². The fourth-order valence-electron chi connectivity index (χ4n) is 2.16. The van der Waals surface area contributed by atoms with Crippen molar-refractivity contribution in [2.24, 2.45) is 0 Å². The van der Waals surface area contributed by atoms with E-state index in [1.165, 1.54) is 0 Å². The molecule has 5 heteroatoms. The van der Waals surface area contributed by atoms with E-state index in [0.29, 0.717) is 26.1 Å². The van der Waals surface area contributed by atoms with E-state index >= 15 is 0 Å². The van der Waals surface area contributed by atoms with Crippen LogP contribution < -0.4 is 5.32 Å². The van der Waals surface area contributed by atoms with Gasteiger partial charge in [-0.3, -0.25) is 0 Å². The summed E-state index contributed by atoms with van der Waals surface area (Å²) in [6.45, 7) is 7.54. The Morgan fingerprint density at radius 1 is 1.53 bits per heavy atom. The monoisotopic (exact) mass is 240 g/mol. The van der Waals surface area contributed by atoms with Gasteiger partial charge in [-0.1, -0.05) is 5.16 Å². The van der Waals surface area contributed by atoms with Crippen molar-refractivity contribution in [3.63, 3.8) is 0 Å². The topological polar surface area (TPSA) is 67.5 Å². The van der Waals surface area contributed by atoms with E-state index < -0.39 is 5.60 Å². The van der Waals surface area contributed by atoms with E-state index in [9.17, 15) is 5.11 Å². The van der Waals surface area contributed by atoms with Gasteiger partial charge in [0.05, 0.1) is 11.8 Å². The van der Waals surface area contributed by atoms with E-state index in [-0.39, 0.29) is 6.10 Å². The molecular formula is C12H20N2O3. The zero-order valence-corrected chi connectivity index (χ0v) is 10.6. The highest BCUT2D eigenvalue weighted by molar-refractivity contribution is 5.20. The molecule has 1 aliphatic heterocycles. The molecule has 2 atom stereocenters. The lowest BCUT2D eigenvalue weighted by molar-refractivity contribution is -0.0263. The molecule has 17 heavy (non-hydrogen) atoms. The molecule has 1 fully saturated rings. The highest BCUT2D eigenvalue weighted by Gasteiger charge is 2.39. The first-order chi connectivity index (χ1) is 8.03. The first kappa shape index (κ1) is 12.5. The second-order valence-electron chi connectivity index (χ2n) is 4.77. The molecule has 0 amide bonds. The SMILES string of the molecule is Cc1noc(C)c1CNCC1(O)CCOC1C. The molecule has 2 unspecified atom stereocenters. The van der Waals surface area contributed by atoms with Crippen LogP contribution in [0.15, 0.2) is 4.52 Å². The summed E-state index contributed by atoms with van der Waals surface area (Å²) >= 11 is 0. The Morgan fingerprint density at radius 2 is 2.29 bits per heavy atom. The molecular weight excluding hydrogens is 220 g/mol. The standard InChI is InChI=1S/C12H20N2O3/c1-8-11(9(2)17-14-8)6-13-7-12(15)4-5-16-10(12)3/h10,13,15H,4-7H2,1-3H3. The second kappa shape index (κ2) is 4.76. The van der Waals surface area contributed by atoms with E-state index in [1.54, 1.807) is 0 Å². The lowest BCUT2D eigenvalue weighted by Crippen LogP contribution is -2.45. The van der Waals surface area contributed by atoms with Crippen LogP contribution in [0, 0.1) is 13.8 Å². The minimum atomic E-state index is -0.751. The van der Waals surface area contributed by atoms with E-state index in [1.807, 2.05) is 20.8 Å². The van der Waals surface area contributed by atoms with Gasteiger partial charge in [0.2, 0.25) is 0 Å². The molecule has 0 radical (unpaired) electrons. The lowest BCUT2D eigenvalue weighted by atomic mass is 9.96. The molecule has 2 N–H and O–H groups in total. The third-order valence-electron chi connectivity index (χ3n) is 3.57. The summed E-state index contributed by atoms with van der Waals surface area (Å²) in [5.74, 6) is 0.831. The normalized spacial score (nSPS) is 28.8. The zero-order chi connectivity index (χ0) is 12.5. The maximum atomic E-state index is 10.3. The van der Waals surface area contributed by atoms with Crippen LogP contribution in [0.1, 0.15) is 30.4 Å². The first-order valence-electron chi connectivity index (χ1n) is 5.99. The average Bonchev–Trinajstić information content (AvgIpc) is 2.76. The van der Waals surface area contributed by atoms with Gasteiger partial charge in [0.1, 0.15) is 11.4 Å². The number of aryl methyl sites for hydroxylation is 2. The number of nitrogens with zero attached hydrogens (tertiary/aromatic N) is 1. The summed E-state index contributed by atoms with van der Waals surface area (Å²) in [7, 11) is 0. The van der Waals surface area contributed by atoms with Crippen molar-refractivity contribution in [2.45, 2.75) is 45.4 Å². The fourth-order valence-corrected chi connectivity index (χ4v) is 2.16. The molecule has 0 bridgehead atoms. The molecule has 0 spiro atoms. The number of hydrogen-bond donors (Lipinski definition) is 2. The Bertz CT molecular complexity index is 372. The van der Waals surface area contributed by atoms with Gasteiger partial charge >= 0.3 is 0 Å². The van der Waals surface area contributed by atoms with Crippen molar-refractivity contribution in [3.05, 3.63) is 17.0 Å². The summed E-state index contributed by atoms with van der Waals surface area (Å²) in [6, 6.07) is 0. The fraction of sp³-hybridized carbons (Fsp3) is 0.750. The number of ether oxygens (including phenoxy) is 1. The quantitative estimate of drug-likeness (QED) is 0.819. The Hall–Kier alpha value is -0.910. The van der Waals surface area contributed by atoms with Gasteiger partial charge < -0.3 is 19.7 Å². The Balaban J connectivity index is 1.88. The van der Waals surface area contributed by atoms with Gasteiger partial charge in [-0.25, -0.2) is 0 Å². The predicted octanol–water partition coefficient (Wildman–Crippen LogP) is 0.921. The maximum absolute atomic E-state index is 10.3. The average molecular weight is 240 g/mol. The van der Waals surface area contributed by atoms with E-state index in [0.717, 1.165) is 17.0 Å². The number of nitrogens with one attached hydrogen (secondary N) is 1. The second-order valence-corrected chi connectivity index (χ2v) is 4.77. The van der Waals surface area contributed by atoms with E-state index in [4.69, 9.17) is 9.26 Å². The third-order valence-corrected chi connectivity index (χ3v) is 3.57. The van der Waals surface area contributed by atoms with Crippen molar-refractivity contribution in [3.8, 4) is 0 Å². The Morgan fingerprint density at radius 3 is 2.82 bits per heavy atom. The summed E-state index contributed by atoms with van der Waals surface area (Å²) in [5, 5.41) is 17.4. The highest BCUT2D eigenvalue weighted by atomic mass is 16.5. The summed E-state index contributed by atoms with van der Waals surface area (Å²) in [4.78, 5) is 0. The number of aromatic nitrogens is 1. The van der Waals surface area contributed by atoms with Crippen molar-refractivity contribution >= 4 is 0 Å². The lowest BCUT2D eigenvalue weighted by Gasteiger charge is -2.26. The zero-order valence-electron chi connectivity index (χ0n) is 10.6. The molecule has 1 aliphatic rings.